The molecule has 0 atom stereocenters. The number of morpholine rings is 3. The summed E-state index contributed by atoms with van der Waals surface area (Å²) in [6, 6.07) is 0. The van der Waals surface area contributed by atoms with Crippen LogP contribution in [0.25, 0.3) is 0 Å². The zero-order chi connectivity index (χ0) is 15.0. The lowest BCUT2D eigenvalue weighted by Crippen LogP contribution is -2.54. The molecule has 0 aromatic rings. The van der Waals surface area contributed by atoms with Crippen molar-refractivity contribution < 1.29 is 14.2 Å². The Labute approximate surface area is 133 Å². The molecule has 3 aliphatic heterocycles. The third-order valence-corrected chi connectivity index (χ3v) is 5.21. The second-order valence-electron chi connectivity index (χ2n) is 5.43. The first-order valence-electron chi connectivity index (χ1n) is 7.97. The SMILES string of the molecule is C1CN(NP(NN2CCOCC2)NN2CCOCC2)CCO1. The van der Waals surface area contributed by atoms with Gasteiger partial charge in [0.05, 0.1) is 39.6 Å². The van der Waals surface area contributed by atoms with Gasteiger partial charge in [-0.25, -0.2) is 30.6 Å². The Morgan fingerprint density at radius 3 is 1.05 bits per heavy atom. The molecule has 3 saturated heterocycles. The standard InChI is InChI=1S/C12H27N6O3P/c1-7-19-8-2-16(1)13-22(14-17-3-9-20-10-4-17)15-18-5-11-21-12-6-18/h13-15H,1-12H2. The van der Waals surface area contributed by atoms with Crippen LogP contribution in [0.3, 0.4) is 0 Å². The lowest BCUT2D eigenvalue weighted by atomic mass is 10.5. The molecule has 0 unspecified atom stereocenters. The molecular weight excluding hydrogens is 307 g/mol. The summed E-state index contributed by atoms with van der Waals surface area (Å²) in [6.45, 7) is 10.2. The highest BCUT2D eigenvalue weighted by atomic mass is 31.1. The number of hydrogen-bond donors (Lipinski definition) is 3. The minimum Gasteiger partial charge on any atom is -0.379 e. The van der Waals surface area contributed by atoms with Crippen molar-refractivity contribution in [2.24, 2.45) is 0 Å². The number of rotatable bonds is 6. The molecule has 0 aromatic carbocycles. The maximum absolute atomic E-state index is 5.41. The first-order chi connectivity index (χ1) is 10.9. The van der Waals surface area contributed by atoms with Gasteiger partial charge >= 0.3 is 0 Å². The summed E-state index contributed by atoms with van der Waals surface area (Å²) in [5, 5.41) is 17.4. The molecule has 3 heterocycles. The van der Waals surface area contributed by atoms with Gasteiger partial charge in [-0.3, -0.25) is 0 Å². The molecule has 128 valence electrons. The molecular formula is C12H27N6O3P. The Morgan fingerprint density at radius 2 is 0.773 bits per heavy atom. The molecule has 10 heteroatoms. The Hall–Kier alpha value is 0.0700. The van der Waals surface area contributed by atoms with E-state index in [1.807, 2.05) is 0 Å². The van der Waals surface area contributed by atoms with Crippen LogP contribution in [0.15, 0.2) is 0 Å². The Morgan fingerprint density at radius 1 is 0.500 bits per heavy atom. The summed E-state index contributed by atoms with van der Waals surface area (Å²) < 4.78 is 16.2. The number of nitrogens with zero attached hydrogens (tertiary/aromatic N) is 3. The van der Waals surface area contributed by atoms with Gasteiger partial charge in [-0.05, 0) is 0 Å². The fourth-order valence-electron chi connectivity index (χ4n) is 2.48. The molecule has 22 heavy (non-hydrogen) atoms. The van der Waals surface area contributed by atoms with Crippen molar-refractivity contribution in [2.45, 2.75) is 0 Å². The van der Waals surface area contributed by atoms with Crippen molar-refractivity contribution >= 4 is 8.37 Å². The highest BCUT2D eigenvalue weighted by Crippen LogP contribution is 2.23. The van der Waals surface area contributed by atoms with Gasteiger partial charge in [0.2, 0.25) is 0 Å². The van der Waals surface area contributed by atoms with Crippen LogP contribution in [0.1, 0.15) is 0 Å². The van der Waals surface area contributed by atoms with Gasteiger partial charge < -0.3 is 14.2 Å². The zero-order valence-electron chi connectivity index (χ0n) is 13.0. The second-order valence-corrected chi connectivity index (χ2v) is 6.70. The van der Waals surface area contributed by atoms with E-state index >= 15 is 0 Å². The topological polar surface area (TPSA) is 73.5 Å². The van der Waals surface area contributed by atoms with Gasteiger partial charge in [-0.2, -0.15) is 0 Å². The van der Waals surface area contributed by atoms with Crippen LogP contribution in [0.5, 0.6) is 0 Å². The van der Waals surface area contributed by atoms with Gasteiger partial charge in [0.1, 0.15) is 0 Å². The maximum Gasteiger partial charge on any atom is 0.155 e. The average Bonchev–Trinajstić information content (AvgIpc) is 2.57. The fraction of sp³-hybridized carbons (Fsp3) is 1.00. The normalized spacial score (nSPS) is 26.6. The summed E-state index contributed by atoms with van der Waals surface area (Å²) in [4.78, 5) is 0. The maximum atomic E-state index is 5.41. The van der Waals surface area contributed by atoms with Crippen molar-refractivity contribution in [1.29, 1.82) is 0 Å². The predicted molar refractivity (Wildman–Crippen MR) is 83.5 cm³/mol. The van der Waals surface area contributed by atoms with Crippen LogP contribution < -0.4 is 15.6 Å². The van der Waals surface area contributed by atoms with Crippen molar-refractivity contribution in [3.63, 3.8) is 0 Å². The predicted octanol–water partition coefficient (Wildman–Crippen LogP) is -1.28. The third-order valence-electron chi connectivity index (χ3n) is 3.76. The largest absolute Gasteiger partial charge is 0.379 e. The highest BCUT2D eigenvalue weighted by Gasteiger charge is 2.22. The van der Waals surface area contributed by atoms with Crippen LogP contribution in [0.2, 0.25) is 0 Å². The van der Waals surface area contributed by atoms with Gasteiger partial charge in [-0.1, -0.05) is 0 Å². The Kier molecular flexibility index (Phi) is 7.22. The van der Waals surface area contributed by atoms with Gasteiger partial charge in [0.15, 0.2) is 8.37 Å². The van der Waals surface area contributed by atoms with E-state index in [2.05, 4.69) is 30.6 Å². The lowest BCUT2D eigenvalue weighted by Gasteiger charge is -2.38. The van der Waals surface area contributed by atoms with E-state index in [0.29, 0.717) is 0 Å². The molecule has 3 aliphatic rings. The van der Waals surface area contributed by atoms with E-state index in [-0.39, 0.29) is 0 Å². The monoisotopic (exact) mass is 334 g/mol. The molecule has 0 bridgehead atoms. The minimum atomic E-state index is -0.768. The van der Waals surface area contributed by atoms with Crippen LogP contribution in [-0.2, 0) is 14.2 Å². The summed E-state index contributed by atoms with van der Waals surface area (Å²) in [6.07, 6.45) is 0. The van der Waals surface area contributed by atoms with Gasteiger partial charge in [-0.15, -0.1) is 0 Å². The first kappa shape index (κ1) is 16.9. The van der Waals surface area contributed by atoms with Crippen LogP contribution >= 0.6 is 8.37 Å². The van der Waals surface area contributed by atoms with E-state index < -0.39 is 8.37 Å². The molecule has 0 spiro atoms. The zero-order valence-corrected chi connectivity index (χ0v) is 13.9. The average molecular weight is 334 g/mol. The van der Waals surface area contributed by atoms with E-state index in [1.165, 1.54) is 0 Å². The Balaban J connectivity index is 1.50. The lowest BCUT2D eigenvalue weighted by molar-refractivity contribution is 0.0129. The van der Waals surface area contributed by atoms with E-state index in [4.69, 9.17) is 14.2 Å². The fourth-order valence-corrected chi connectivity index (χ4v) is 4.06. The summed E-state index contributed by atoms with van der Waals surface area (Å²) >= 11 is 0. The first-order valence-corrected chi connectivity index (χ1v) is 9.31. The molecule has 3 N–H and O–H groups in total. The highest BCUT2D eigenvalue weighted by molar-refractivity contribution is 7.50. The molecule has 3 rings (SSSR count). The van der Waals surface area contributed by atoms with E-state index in [1.54, 1.807) is 0 Å². The van der Waals surface area contributed by atoms with Crippen LogP contribution in [0.4, 0.5) is 0 Å². The molecule has 0 aromatic heterocycles. The van der Waals surface area contributed by atoms with Gasteiger partial charge in [0, 0.05) is 39.3 Å². The molecule has 0 aliphatic carbocycles. The van der Waals surface area contributed by atoms with E-state index in [0.717, 1.165) is 78.9 Å². The quantitative estimate of drug-likeness (QED) is 0.515. The summed E-state index contributed by atoms with van der Waals surface area (Å²) in [5.41, 5.74) is 0. The molecule has 3 fully saturated rings. The minimum absolute atomic E-state index is 0.768. The molecule has 0 saturated carbocycles. The van der Waals surface area contributed by atoms with Crippen molar-refractivity contribution in [2.75, 3.05) is 78.9 Å². The van der Waals surface area contributed by atoms with Crippen molar-refractivity contribution in [1.82, 2.24) is 30.6 Å². The number of nitrogens with one attached hydrogen (secondary N) is 3. The summed E-state index contributed by atoms with van der Waals surface area (Å²) in [7, 11) is -0.768. The smallest absolute Gasteiger partial charge is 0.155 e. The van der Waals surface area contributed by atoms with E-state index in [9.17, 15) is 0 Å². The number of hydrazine groups is 3. The second kappa shape index (κ2) is 9.39. The van der Waals surface area contributed by atoms with Gasteiger partial charge in [0.25, 0.3) is 0 Å². The van der Waals surface area contributed by atoms with Crippen molar-refractivity contribution in [3.05, 3.63) is 0 Å². The van der Waals surface area contributed by atoms with Crippen LogP contribution in [0, 0.1) is 0 Å². The molecule has 0 amide bonds. The van der Waals surface area contributed by atoms with Crippen molar-refractivity contribution in [3.8, 4) is 0 Å². The number of hydrogen-bond acceptors (Lipinski definition) is 9. The number of ether oxygens (including phenoxy) is 3. The third kappa shape index (κ3) is 5.61. The Bertz CT molecular complexity index is 264. The van der Waals surface area contributed by atoms with Crippen LogP contribution in [-0.4, -0.2) is 93.9 Å². The molecule has 9 nitrogen and oxygen atoms in total. The molecule has 0 radical (unpaired) electrons. The summed E-state index contributed by atoms with van der Waals surface area (Å²) in [5.74, 6) is 0.